The molecule has 3 aromatic rings. The number of nitrogens with one attached hydrogen (secondary N) is 1. The molecule has 3 aromatic carbocycles. The number of benzene rings is 3. The summed E-state index contributed by atoms with van der Waals surface area (Å²) in [6, 6.07) is 21.9. The molecule has 0 saturated carbocycles. The number of aryl methyl sites for hydroxylation is 3. The van der Waals surface area contributed by atoms with E-state index in [4.69, 9.17) is 4.74 Å². The van der Waals surface area contributed by atoms with Gasteiger partial charge in [0, 0.05) is 6.54 Å². The van der Waals surface area contributed by atoms with E-state index in [1.165, 1.54) is 0 Å². The van der Waals surface area contributed by atoms with Crippen molar-refractivity contribution in [1.82, 2.24) is 5.32 Å². The zero-order valence-corrected chi connectivity index (χ0v) is 20.1. The van der Waals surface area contributed by atoms with E-state index in [0.717, 1.165) is 26.6 Å². The van der Waals surface area contributed by atoms with Crippen LogP contribution in [-0.2, 0) is 26.2 Å². The number of hydrogen-bond donors (Lipinski definition) is 1. The number of anilines is 1. The molecule has 0 aliphatic rings. The fraction of sp³-hybridized carbons (Fsp3) is 0.269. The van der Waals surface area contributed by atoms with E-state index in [2.05, 4.69) is 5.32 Å². The maximum Gasteiger partial charge on any atom is 0.264 e. The molecule has 0 aliphatic heterocycles. The van der Waals surface area contributed by atoms with Crippen LogP contribution in [0.4, 0.5) is 5.69 Å². The largest absolute Gasteiger partial charge is 0.375 e. The summed E-state index contributed by atoms with van der Waals surface area (Å²) in [4.78, 5) is 12.8. The van der Waals surface area contributed by atoms with Gasteiger partial charge in [0.25, 0.3) is 10.0 Å². The molecule has 0 heterocycles. The van der Waals surface area contributed by atoms with Crippen molar-refractivity contribution in [2.45, 2.75) is 32.3 Å². The Kier molecular flexibility index (Phi) is 8.25. The maximum atomic E-state index is 13.5. The summed E-state index contributed by atoms with van der Waals surface area (Å²) in [5, 5.41) is 2.76. The summed E-state index contributed by atoms with van der Waals surface area (Å²) in [5.74, 6) is -0.395. The Bertz CT molecular complexity index is 1160. The summed E-state index contributed by atoms with van der Waals surface area (Å²) < 4.78 is 33.7. The summed E-state index contributed by atoms with van der Waals surface area (Å²) >= 11 is 0. The molecule has 0 aliphatic carbocycles. The van der Waals surface area contributed by atoms with Crippen LogP contribution in [0.15, 0.2) is 77.7 Å². The molecule has 0 saturated heterocycles. The lowest BCUT2D eigenvalue weighted by Crippen LogP contribution is -2.41. The molecule has 7 heteroatoms. The van der Waals surface area contributed by atoms with Crippen LogP contribution >= 0.6 is 0 Å². The van der Waals surface area contributed by atoms with Gasteiger partial charge in [0.1, 0.15) is 6.54 Å². The summed E-state index contributed by atoms with van der Waals surface area (Å²) in [5.41, 5.74) is 4.31. The van der Waals surface area contributed by atoms with Crippen molar-refractivity contribution in [2.24, 2.45) is 0 Å². The van der Waals surface area contributed by atoms with Crippen LogP contribution in [-0.4, -0.2) is 34.0 Å². The van der Waals surface area contributed by atoms with Crippen molar-refractivity contribution in [2.75, 3.05) is 24.0 Å². The van der Waals surface area contributed by atoms with Gasteiger partial charge in [0.15, 0.2) is 0 Å². The molecule has 0 radical (unpaired) electrons. The molecule has 0 aromatic heterocycles. The molecule has 1 N–H and O–H groups in total. The van der Waals surface area contributed by atoms with E-state index in [1.54, 1.807) is 36.4 Å². The fourth-order valence-corrected chi connectivity index (χ4v) is 4.87. The first-order valence-corrected chi connectivity index (χ1v) is 12.3. The lowest BCUT2D eigenvalue weighted by atomic mass is 10.1. The zero-order chi connectivity index (χ0) is 23.8. The van der Waals surface area contributed by atoms with Gasteiger partial charge in [-0.3, -0.25) is 9.10 Å². The molecule has 0 spiro atoms. The quantitative estimate of drug-likeness (QED) is 0.456. The molecule has 0 unspecified atom stereocenters. The monoisotopic (exact) mass is 466 g/mol. The normalized spacial score (nSPS) is 11.2. The minimum Gasteiger partial charge on any atom is -0.375 e. The van der Waals surface area contributed by atoms with Gasteiger partial charge >= 0.3 is 0 Å². The number of carbonyl (C=O) groups excluding carboxylic acids is 1. The third-order valence-electron chi connectivity index (χ3n) is 5.07. The summed E-state index contributed by atoms with van der Waals surface area (Å²) in [7, 11) is -3.93. The molecular formula is C26H30N2O4S. The van der Waals surface area contributed by atoms with Gasteiger partial charge in [-0.1, -0.05) is 54.1 Å². The van der Waals surface area contributed by atoms with Crippen molar-refractivity contribution >= 4 is 21.6 Å². The van der Waals surface area contributed by atoms with Crippen LogP contribution in [0.5, 0.6) is 0 Å². The second-order valence-electron chi connectivity index (χ2n) is 8.06. The van der Waals surface area contributed by atoms with Crippen LogP contribution in [0.1, 0.15) is 22.3 Å². The Hall–Kier alpha value is -3.16. The van der Waals surface area contributed by atoms with Crippen molar-refractivity contribution in [1.29, 1.82) is 0 Å². The molecule has 3 rings (SSSR count). The third-order valence-corrected chi connectivity index (χ3v) is 6.86. The number of rotatable bonds is 10. The highest BCUT2D eigenvalue weighted by molar-refractivity contribution is 7.92. The highest BCUT2D eigenvalue weighted by Gasteiger charge is 2.27. The lowest BCUT2D eigenvalue weighted by molar-refractivity contribution is -0.119. The Morgan fingerprint density at radius 1 is 0.879 bits per heavy atom. The van der Waals surface area contributed by atoms with Gasteiger partial charge in [-0.15, -0.1) is 0 Å². The van der Waals surface area contributed by atoms with Gasteiger partial charge in [0.2, 0.25) is 5.91 Å². The summed E-state index contributed by atoms with van der Waals surface area (Å²) in [6.45, 7) is 6.44. The number of sulfonamides is 1. The van der Waals surface area contributed by atoms with Gasteiger partial charge in [-0.2, -0.15) is 0 Å². The van der Waals surface area contributed by atoms with E-state index in [1.807, 2.05) is 57.2 Å². The second-order valence-corrected chi connectivity index (χ2v) is 9.92. The fourth-order valence-electron chi connectivity index (χ4n) is 3.46. The van der Waals surface area contributed by atoms with Crippen LogP contribution in [0.2, 0.25) is 0 Å². The average Bonchev–Trinajstić information content (AvgIpc) is 2.77. The average molecular weight is 467 g/mol. The van der Waals surface area contributed by atoms with Crippen molar-refractivity contribution in [3.63, 3.8) is 0 Å². The second kappa shape index (κ2) is 11.1. The molecule has 33 heavy (non-hydrogen) atoms. The van der Waals surface area contributed by atoms with E-state index < -0.39 is 15.9 Å². The minimum atomic E-state index is -3.93. The molecule has 0 bridgehead atoms. The van der Waals surface area contributed by atoms with Gasteiger partial charge in [-0.05, 0) is 61.7 Å². The Labute approximate surface area is 196 Å². The zero-order valence-electron chi connectivity index (χ0n) is 19.2. The standard InChI is InChI=1S/C26H30N2O4S/c1-20-9-11-25(12-10-20)33(30,31)28(24-16-21(2)15-22(3)17-24)18-26(29)27-13-14-32-19-23-7-5-4-6-8-23/h4-12,15-17H,13-14,18-19H2,1-3H3,(H,27,29). The van der Waals surface area contributed by atoms with Crippen LogP contribution in [0.3, 0.4) is 0 Å². The van der Waals surface area contributed by atoms with Crippen LogP contribution in [0, 0.1) is 20.8 Å². The number of carbonyl (C=O) groups is 1. The number of nitrogens with zero attached hydrogens (tertiary/aromatic N) is 1. The number of amides is 1. The van der Waals surface area contributed by atoms with Crippen molar-refractivity contribution in [3.05, 3.63) is 95.1 Å². The Morgan fingerprint density at radius 2 is 1.52 bits per heavy atom. The van der Waals surface area contributed by atoms with Gasteiger partial charge < -0.3 is 10.1 Å². The predicted molar refractivity (Wildman–Crippen MR) is 131 cm³/mol. The first-order valence-electron chi connectivity index (χ1n) is 10.8. The molecule has 1 amide bonds. The van der Waals surface area contributed by atoms with Crippen molar-refractivity contribution < 1.29 is 17.9 Å². The van der Waals surface area contributed by atoms with Crippen LogP contribution in [0.25, 0.3) is 0 Å². The predicted octanol–water partition coefficient (Wildman–Crippen LogP) is 4.14. The van der Waals surface area contributed by atoms with Crippen molar-refractivity contribution in [3.8, 4) is 0 Å². The molecule has 174 valence electrons. The SMILES string of the molecule is Cc1ccc(S(=O)(=O)N(CC(=O)NCCOCc2ccccc2)c2cc(C)cc(C)c2)cc1. The Morgan fingerprint density at radius 3 is 2.15 bits per heavy atom. The smallest absolute Gasteiger partial charge is 0.264 e. The van der Waals surface area contributed by atoms with E-state index in [0.29, 0.717) is 18.9 Å². The topological polar surface area (TPSA) is 75.7 Å². The number of hydrogen-bond acceptors (Lipinski definition) is 4. The van der Waals surface area contributed by atoms with E-state index >= 15 is 0 Å². The maximum absolute atomic E-state index is 13.5. The van der Waals surface area contributed by atoms with E-state index in [-0.39, 0.29) is 18.0 Å². The Balaban J connectivity index is 1.70. The third kappa shape index (κ3) is 6.91. The van der Waals surface area contributed by atoms with Gasteiger partial charge in [-0.25, -0.2) is 8.42 Å². The lowest BCUT2D eigenvalue weighted by Gasteiger charge is -2.25. The molecule has 0 atom stereocenters. The summed E-state index contributed by atoms with van der Waals surface area (Å²) in [6.07, 6.45) is 0. The highest BCUT2D eigenvalue weighted by atomic mass is 32.2. The molecule has 0 fully saturated rings. The van der Waals surface area contributed by atoms with Gasteiger partial charge in [0.05, 0.1) is 23.8 Å². The van der Waals surface area contributed by atoms with Crippen LogP contribution < -0.4 is 9.62 Å². The number of ether oxygens (including phenoxy) is 1. The molecular weight excluding hydrogens is 436 g/mol. The molecule has 6 nitrogen and oxygen atoms in total. The van der Waals surface area contributed by atoms with E-state index in [9.17, 15) is 13.2 Å². The first kappa shape index (κ1) is 24.5. The highest BCUT2D eigenvalue weighted by Crippen LogP contribution is 2.26. The minimum absolute atomic E-state index is 0.145. The first-order chi connectivity index (χ1) is 15.8.